The zero-order valence-electron chi connectivity index (χ0n) is 42.0. The molecule has 0 aliphatic heterocycles. The zero-order valence-corrected chi connectivity index (χ0v) is 42.9. The predicted octanol–water partition coefficient (Wildman–Crippen LogP) is -12.9. The topological polar surface area (TPSA) is 636 Å². The van der Waals surface area contributed by atoms with Gasteiger partial charge in [-0.1, -0.05) is 0 Å². The van der Waals surface area contributed by atoms with Gasteiger partial charge in [0.15, 0.2) is 0 Å². The van der Waals surface area contributed by atoms with Crippen LogP contribution in [-0.2, 0) is 57.5 Å². The number of carbonyl (C=O) groups excluding carboxylic acids is 8. The maximum atomic E-state index is 14.0. The Morgan fingerprint density at radius 3 is 1.11 bits per heavy atom. The molecule has 79 heavy (non-hydrogen) atoms. The summed E-state index contributed by atoms with van der Waals surface area (Å²) in [5, 5.41) is 151. The van der Waals surface area contributed by atoms with Crippen LogP contribution < -0.4 is 54.0 Å². The molecule has 0 aromatic carbocycles. The van der Waals surface area contributed by atoms with Crippen LogP contribution in [0.1, 0.15) is 57.8 Å². The molecule has 15 atom stereocenters. The molecule has 0 aromatic rings. The van der Waals surface area contributed by atoms with Gasteiger partial charge in [-0.05, 0) is 25.7 Å². The van der Waals surface area contributed by atoms with Crippen molar-refractivity contribution < 1.29 is 129 Å². The van der Waals surface area contributed by atoms with E-state index < -0.39 is 259 Å². The van der Waals surface area contributed by atoms with Crippen LogP contribution in [0.2, 0.25) is 0 Å². The van der Waals surface area contributed by atoms with E-state index in [2.05, 4.69) is 44.5 Å². The van der Waals surface area contributed by atoms with Gasteiger partial charge in [-0.2, -0.15) is 12.6 Å². The Labute approximate surface area is 453 Å². The number of hydrogen-bond acceptors (Lipinski definition) is 25. The lowest BCUT2D eigenvalue weighted by molar-refractivity contribution is -0.143. The Bertz CT molecular complexity index is 2060. The highest BCUT2D eigenvalue weighted by Crippen LogP contribution is 2.10. The minimum atomic E-state index is -2.13. The Morgan fingerprint density at radius 2 is 0.722 bits per heavy atom. The van der Waals surface area contributed by atoms with Crippen molar-refractivity contribution in [3.05, 3.63) is 0 Å². The highest BCUT2D eigenvalue weighted by atomic mass is 32.1. The molecule has 36 nitrogen and oxygen atoms in total. The average molecular weight is 1170 g/mol. The highest BCUT2D eigenvalue weighted by molar-refractivity contribution is 7.80. The van der Waals surface area contributed by atoms with Gasteiger partial charge in [0.25, 0.3) is 0 Å². The molecule has 8 amide bonds. The number of carbonyl (C=O) groups is 12. The van der Waals surface area contributed by atoms with Crippen LogP contribution in [0.25, 0.3) is 0 Å². The van der Waals surface area contributed by atoms with Crippen molar-refractivity contribution in [2.24, 2.45) is 11.5 Å². The quantitative estimate of drug-likeness (QED) is 0.0253. The van der Waals surface area contributed by atoms with Crippen molar-refractivity contribution in [2.75, 3.05) is 38.6 Å². The van der Waals surface area contributed by atoms with E-state index in [1.807, 2.05) is 10.6 Å². The molecule has 0 aromatic heterocycles. The molecule has 452 valence electrons. The van der Waals surface area contributed by atoms with E-state index in [0.717, 1.165) is 0 Å². The number of nitrogens with one attached hydrogen (secondary N) is 8. The zero-order chi connectivity index (χ0) is 60.9. The third-order valence-electron chi connectivity index (χ3n) is 11.2. The SMILES string of the molecule is N[C@H](CCC(=O)O)C(=O)N[C@H](CCC(=O)NC[C@H](O)[C@@H](O)[C@H](O)[C@H](O)CO)C(=O)N[C@H](CCC(=O)O)C(=O)N[C@H](CCC(=O)NC[C@H](O)[C@@H](O)[C@H](O)[C@H](O)CO)C(=O)NC[C@H](N)C(=O)N[C@@H](CC(=O)O)C(=O)N[C@@H](CS)C(=O)O. The smallest absolute Gasteiger partial charge is 0.327 e. The molecule has 0 saturated heterocycles. The average Bonchev–Trinajstić information content (AvgIpc) is 3.40. The third-order valence-corrected chi connectivity index (χ3v) is 11.5. The maximum Gasteiger partial charge on any atom is 0.327 e. The second kappa shape index (κ2) is 37.4. The number of nitrogens with two attached hydrogens (primary N) is 2. The van der Waals surface area contributed by atoms with Crippen LogP contribution in [0.3, 0.4) is 0 Å². The van der Waals surface area contributed by atoms with E-state index in [9.17, 15) is 114 Å². The van der Waals surface area contributed by atoms with Gasteiger partial charge in [0.1, 0.15) is 72.9 Å². The lowest BCUT2D eigenvalue weighted by Gasteiger charge is -2.27. The summed E-state index contributed by atoms with van der Waals surface area (Å²) in [5.41, 5.74) is 11.7. The van der Waals surface area contributed by atoms with Gasteiger partial charge in [0.05, 0.1) is 37.9 Å². The van der Waals surface area contributed by atoms with E-state index in [-0.39, 0.29) is 0 Å². The van der Waals surface area contributed by atoms with Crippen LogP contribution in [0, 0.1) is 0 Å². The lowest BCUT2D eigenvalue weighted by atomic mass is 10.0. The molecule has 0 heterocycles. The van der Waals surface area contributed by atoms with Crippen LogP contribution in [0.5, 0.6) is 0 Å². The Kier molecular flexibility index (Phi) is 34.3. The van der Waals surface area contributed by atoms with E-state index in [1.165, 1.54) is 0 Å². The minimum Gasteiger partial charge on any atom is -0.481 e. The Morgan fingerprint density at radius 1 is 0.380 bits per heavy atom. The summed E-state index contributed by atoms with van der Waals surface area (Å²) >= 11 is 3.78. The summed E-state index contributed by atoms with van der Waals surface area (Å²) in [6.07, 6.45) is -23.0. The van der Waals surface area contributed by atoms with Gasteiger partial charge in [-0.3, -0.25) is 52.7 Å². The molecule has 0 aliphatic carbocycles. The molecular weight excluding hydrogens is 1090 g/mol. The van der Waals surface area contributed by atoms with Gasteiger partial charge in [0, 0.05) is 51.1 Å². The second-order valence-electron chi connectivity index (χ2n) is 17.5. The number of aliphatic carboxylic acids is 4. The number of amides is 8. The van der Waals surface area contributed by atoms with E-state index >= 15 is 0 Å². The molecule has 0 unspecified atom stereocenters. The molecule has 0 fully saturated rings. The molecule has 0 bridgehead atoms. The van der Waals surface area contributed by atoms with E-state index in [4.69, 9.17) is 26.8 Å². The molecule has 0 saturated carbocycles. The van der Waals surface area contributed by atoms with Crippen molar-refractivity contribution in [1.82, 2.24) is 42.5 Å². The number of aliphatic hydroxyl groups excluding tert-OH is 10. The van der Waals surface area contributed by atoms with Gasteiger partial charge in [0.2, 0.25) is 47.3 Å². The first kappa shape index (κ1) is 72.5. The fourth-order valence-electron chi connectivity index (χ4n) is 6.39. The van der Waals surface area contributed by atoms with Crippen LogP contribution in [0.15, 0.2) is 0 Å². The summed E-state index contributed by atoms with van der Waals surface area (Å²) in [5.74, 6) is -16.4. The largest absolute Gasteiger partial charge is 0.481 e. The Balaban J connectivity index is 6.82. The summed E-state index contributed by atoms with van der Waals surface area (Å²) in [4.78, 5) is 152. The summed E-state index contributed by atoms with van der Waals surface area (Å²) in [7, 11) is 0. The highest BCUT2D eigenvalue weighted by Gasteiger charge is 2.35. The lowest BCUT2D eigenvalue weighted by Crippen LogP contribution is -2.59. The second-order valence-corrected chi connectivity index (χ2v) is 17.9. The third kappa shape index (κ3) is 28.3. The fourth-order valence-corrected chi connectivity index (χ4v) is 6.63. The van der Waals surface area contributed by atoms with Gasteiger partial charge in [-0.25, -0.2) is 4.79 Å². The first-order chi connectivity index (χ1) is 36.8. The molecule has 26 N–H and O–H groups in total. The van der Waals surface area contributed by atoms with Crippen LogP contribution in [-0.4, -0.2) is 272 Å². The van der Waals surface area contributed by atoms with E-state index in [1.54, 1.807) is 0 Å². The monoisotopic (exact) mass is 1160 g/mol. The van der Waals surface area contributed by atoms with Crippen LogP contribution >= 0.6 is 12.6 Å². The summed E-state index contributed by atoms with van der Waals surface area (Å²) < 4.78 is 0. The van der Waals surface area contributed by atoms with E-state index in [0.29, 0.717) is 0 Å². The van der Waals surface area contributed by atoms with Crippen molar-refractivity contribution in [3.8, 4) is 0 Å². The van der Waals surface area contributed by atoms with Gasteiger partial charge < -0.3 is 125 Å². The van der Waals surface area contributed by atoms with Gasteiger partial charge in [-0.15, -0.1) is 0 Å². The minimum absolute atomic E-state index is 0.457. The summed E-state index contributed by atoms with van der Waals surface area (Å²) in [6.45, 7) is -4.57. The summed E-state index contributed by atoms with van der Waals surface area (Å²) in [6, 6.07) is -12.8. The molecule has 37 heteroatoms. The maximum absolute atomic E-state index is 14.0. The normalized spacial score (nSPS) is 17.0. The molecule has 0 rings (SSSR count). The number of thiol groups is 1. The molecule has 0 spiro atoms. The van der Waals surface area contributed by atoms with Crippen LogP contribution in [0.4, 0.5) is 0 Å². The Hall–Kier alpha value is -6.49. The molecular formula is C42H72N10O26S. The molecule has 0 radical (unpaired) electrons. The fraction of sp³-hybridized carbons (Fsp3) is 0.714. The first-order valence-corrected chi connectivity index (χ1v) is 24.4. The van der Waals surface area contributed by atoms with Crippen molar-refractivity contribution in [2.45, 2.75) is 149 Å². The first-order valence-electron chi connectivity index (χ1n) is 23.8. The van der Waals surface area contributed by atoms with Gasteiger partial charge >= 0.3 is 23.9 Å². The predicted molar refractivity (Wildman–Crippen MR) is 263 cm³/mol. The number of rotatable bonds is 41. The number of carboxylic acids is 4. The number of hydrogen-bond donors (Lipinski definition) is 25. The number of aliphatic hydroxyl groups is 10. The molecule has 0 aliphatic rings. The van der Waals surface area contributed by atoms with Crippen molar-refractivity contribution in [3.63, 3.8) is 0 Å². The van der Waals surface area contributed by atoms with Crippen molar-refractivity contribution >= 4 is 83.8 Å². The number of carboxylic acid groups (broad SMARTS) is 4. The standard InChI is InChI=1S/C42H72N10O26S/c43-16(1-7-29(61)62)36(71)48-19(3-6-28(60)46-12-24(56)33(68)35(70)26(58)14-54)39(74)50-20(4-8-30(63)64)40(75)49-18(2-5-27(59)45-11-23(55)32(67)34(69)25(57)13-53)38(73)47-10-17(44)37(72)51-21(9-31(65)66)41(76)52-22(15-79)42(77)78/h16-26,32-35,53-58,67-70,79H,1-15,43-44H2,(H,45,59)(H,46,60)(H,47,73)(H,48,71)(H,49,75)(H,50,74)(H,51,72)(H,52,76)(H,61,62)(H,63,64)(H,65,66)(H,77,78)/t16-,17+,18-,19-,20-,21+,22+,23+,24+,25-,26-,32-,33-,34-,35-/m1/s1. The van der Waals surface area contributed by atoms with Crippen molar-refractivity contribution in [1.29, 1.82) is 0 Å².